The minimum atomic E-state index is 0. The molecule has 36 nitrogen and oxygen atoms in total. The molecule has 0 atom stereocenters. The average Bonchev–Trinajstić information content (AvgIpc) is 1.61. The Labute approximate surface area is 922 Å². The van der Waals surface area contributed by atoms with Gasteiger partial charge in [0.25, 0.3) is 0 Å². The van der Waals surface area contributed by atoms with Crippen molar-refractivity contribution in [1.29, 1.82) is 0 Å². The summed E-state index contributed by atoms with van der Waals surface area (Å²) in [5.74, 6) is 5.03. The Morgan fingerprint density at radius 1 is 0.238 bits per heavy atom. The fourth-order valence-electron chi connectivity index (χ4n) is 18.3. The molecule has 0 saturated heterocycles. The van der Waals surface area contributed by atoms with E-state index in [-0.39, 0.29) is 126 Å². The van der Waals surface area contributed by atoms with Crippen LogP contribution in [0.1, 0.15) is 0 Å². The van der Waals surface area contributed by atoms with Gasteiger partial charge < -0.3 is 156 Å². The van der Waals surface area contributed by atoms with Gasteiger partial charge in [-0.2, -0.15) is 0 Å². The molecule has 0 amide bonds. The number of aryl methyl sites for hydroxylation is 9. The summed E-state index contributed by atoms with van der Waals surface area (Å²) in [6, 6.07) is 49.6. The Hall–Kier alpha value is -15.6. The molecule has 0 fully saturated rings. The van der Waals surface area contributed by atoms with Crippen molar-refractivity contribution < 1.29 is 140 Å². The first-order valence-electron chi connectivity index (χ1n) is 44.8. The third-order valence-electron chi connectivity index (χ3n) is 24.8. The zero-order chi connectivity index (χ0) is 94.9. The van der Waals surface area contributed by atoms with Gasteiger partial charge in [-0.25, -0.2) is 15.0 Å². The molecule has 0 aliphatic rings. The van der Waals surface area contributed by atoms with Crippen LogP contribution in [0.4, 0.5) is 0 Å². The standard InChI is InChI=1S/3C18H14N6.3C17H12N6.6Pt/c3*1-21-8-9-23(12-21)15-5-3-4-13-14-6-7-24(18(14)20-17(13)15)16-10-22(2)11-19-16;3*1-21-9-15(19-11-21)23-7-5-13-12-3-2-4-14(16(12)20-17(13)23)22-8-6-18-10-22;;;;;;/h3*3-10H,1-2H3;3*2-9,11H,1H3;;;;;;/q6*-2;;;;3*+2. The number of para-hydroxylation sites is 6. The van der Waals surface area contributed by atoms with Gasteiger partial charge in [-0.1, -0.05) is 271 Å². The van der Waals surface area contributed by atoms with E-state index in [1.54, 1.807) is 37.6 Å². The SMILES string of the molecule is Cn1[c-]nc(-n2ccc3c4cccc(-n5[c-][n+](C)cc5)c4[n-]c32)c1.Cn1[c-]nc(-n2ccc3c4cccc(-n5[c-][n+](C)cc5)c4[n-]c32)c1.Cn1[c-]nc(-n2ccc3c4cccc(-n5[c-][n+](C)cc5)c4[n-]c32)c1.Cn1cnc(-n2ccc3c4cccc(-n5[c-]ncc5)c4[n-]c32)c1.Cn1cnc(-n2ccc3c4cccc(-n5[c-]ncc5)c4[n-]c32)c1.Cn1cnc(-n2ccc3c4cccc(-n5[c-]ncc5)c4[n-]c32)c1.[Pt+2].[Pt+2].[Pt+2].[Pt].[Pt].[Pt]. The summed E-state index contributed by atoms with van der Waals surface area (Å²) in [7, 11) is 17.5. The molecule has 0 spiro atoms. The largest absolute Gasteiger partial charge is 2.00 e. The molecule has 30 rings (SSSR count). The summed E-state index contributed by atoms with van der Waals surface area (Å²) < 4.78 is 40.4. The van der Waals surface area contributed by atoms with E-state index in [0.29, 0.717) is 0 Å². The number of hydrogen-bond donors (Lipinski definition) is 0. The molecule has 0 N–H and O–H groups in total. The summed E-state index contributed by atoms with van der Waals surface area (Å²) in [6.45, 7) is 0. The summed E-state index contributed by atoms with van der Waals surface area (Å²) in [4.78, 5) is 67.5. The molecule has 147 heavy (non-hydrogen) atoms. The quantitative estimate of drug-likeness (QED) is 0.0811. The van der Waals surface area contributed by atoms with E-state index in [1.165, 1.54) is 0 Å². The first kappa shape index (κ1) is 100. The molecule has 0 saturated carbocycles. The maximum Gasteiger partial charge on any atom is 2.00 e. The van der Waals surface area contributed by atoms with Crippen LogP contribution in [-0.2, 0) is 190 Å². The molecular weight excluding hydrogens is 2940 g/mol. The molecule has 0 bridgehead atoms. The Balaban J connectivity index is 0.000000110. The fraction of sp³-hybridized carbons (Fsp3) is 0.0857. The van der Waals surface area contributed by atoms with Crippen LogP contribution in [-0.4, -0.2) is 127 Å². The zero-order valence-corrected chi connectivity index (χ0v) is 92.6. The van der Waals surface area contributed by atoms with Crippen molar-refractivity contribution >= 4 is 132 Å². The number of aromatic nitrogens is 36. The third kappa shape index (κ3) is 18.1. The molecule has 6 aromatic carbocycles. The summed E-state index contributed by atoms with van der Waals surface area (Å²) >= 11 is 0. The van der Waals surface area contributed by atoms with E-state index in [1.807, 2.05) is 326 Å². The van der Waals surface area contributed by atoms with Crippen LogP contribution in [0.15, 0.2) is 313 Å². The molecular formula is C105H78N36Pt6-6. The summed E-state index contributed by atoms with van der Waals surface area (Å²) in [5.41, 5.74) is 17.1. The predicted octanol–water partition coefficient (Wildman–Crippen LogP) is 12.4. The Morgan fingerprint density at radius 3 is 0.633 bits per heavy atom. The second-order valence-electron chi connectivity index (χ2n) is 34.2. The molecule has 0 aliphatic heterocycles. The van der Waals surface area contributed by atoms with Crippen LogP contribution in [0, 0.1) is 56.9 Å². The minimum absolute atomic E-state index is 0. The maximum atomic E-state index is 4.90. The summed E-state index contributed by atoms with van der Waals surface area (Å²) in [6.07, 6.45) is 79.0. The third-order valence-corrected chi connectivity index (χ3v) is 24.8. The van der Waals surface area contributed by atoms with Gasteiger partial charge in [0.15, 0.2) is 0 Å². The first-order valence-corrected chi connectivity index (χ1v) is 44.8. The minimum Gasteiger partial charge on any atom is -0.467 e. The van der Waals surface area contributed by atoms with Gasteiger partial charge in [0.1, 0.15) is 0 Å². The average molecular weight is 3010 g/mol. The van der Waals surface area contributed by atoms with Crippen molar-refractivity contribution in [1.82, 2.24) is 157 Å². The number of fused-ring (bicyclic) bond motifs is 18. The molecule has 0 radical (unpaired) electrons. The van der Waals surface area contributed by atoms with Crippen molar-refractivity contribution in [2.24, 2.45) is 63.4 Å². The van der Waals surface area contributed by atoms with E-state index < -0.39 is 0 Å². The fourth-order valence-corrected chi connectivity index (χ4v) is 18.3. The van der Waals surface area contributed by atoms with Crippen LogP contribution >= 0.6 is 0 Å². The molecule has 24 aromatic heterocycles. The molecule has 0 aliphatic carbocycles. The molecule has 30 aromatic rings. The van der Waals surface area contributed by atoms with Crippen molar-refractivity contribution in [2.75, 3.05) is 0 Å². The Kier molecular flexibility index (Phi) is 28.0. The topological polar surface area (TPSA) is 301 Å². The zero-order valence-electron chi connectivity index (χ0n) is 78.9. The number of nitrogens with zero attached hydrogens (tertiary/aromatic N) is 36. The van der Waals surface area contributed by atoms with E-state index in [2.05, 4.69) is 211 Å². The molecule has 24 heterocycles. The second-order valence-corrected chi connectivity index (χ2v) is 34.2. The van der Waals surface area contributed by atoms with E-state index >= 15 is 0 Å². The first-order chi connectivity index (χ1) is 69.0. The van der Waals surface area contributed by atoms with Gasteiger partial charge in [0.05, 0.1) is 74.6 Å². The van der Waals surface area contributed by atoms with E-state index in [9.17, 15) is 0 Å². The molecule has 0 unspecified atom stereocenters. The Morgan fingerprint density at radius 2 is 0.456 bits per heavy atom. The van der Waals surface area contributed by atoms with Crippen LogP contribution in [0.25, 0.3) is 201 Å². The number of benzene rings is 6. The molecule has 744 valence electrons. The second kappa shape index (κ2) is 41.2. The van der Waals surface area contributed by atoms with Crippen molar-refractivity contribution in [3.05, 3.63) is 370 Å². The Bertz CT molecular complexity index is 8950. The van der Waals surface area contributed by atoms with Gasteiger partial charge in [-0.3, -0.25) is 0 Å². The smallest absolute Gasteiger partial charge is 0.467 e. The maximum absolute atomic E-state index is 4.90. The van der Waals surface area contributed by atoms with Crippen molar-refractivity contribution in [3.63, 3.8) is 0 Å². The van der Waals surface area contributed by atoms with Crippen molar-refractivity contribution in [3.8, 4) is 69.0 Å². The van der Waals surface area contributed by atoms with Crippen LogP contribution in [0.5, 0.6) is 0 Å². The summed E-state index contributed by atoms with van der Waals surface area (Å²) in [5, 5.41) is 13.5. The van der Waals surface area contributed by atoms with E-state index in [4.69, 9.17) is 29.9 Å². The normalized spacial score (nSPS) is 11.2. The van der Waals surface area contributed by atoms with Gasteiger partial charge in [0, 0.05) is 178 Å². The monoisotopic (exact) mass is 3010 g/mol. The number of hydrogen-bond acceptors (Lipinski definition) is 9. The van der Waals surface area contributed by atoms with Gasteiger partial charge >= 0.3 is 63.2 Å². The van der Waals surface area contributed by atoms with Crippen molar-refractivity contribution in [2.45, 2.75) is 0 Å². The van der Waals surface area contributed by atoms with E-state index in [0.717, 1.165) is 201 Å². The number of imidazole rings is 12. The van der Waals surface area contributed by atoms with Crippen LogP contribution < -0.4 is 43.6 Å². The van der Waals surface area contributed by atoms with Gasteiger partial charge in [0.2, 0.25) is 19.0 Å². The van der Waals surface area contributed by atoms with Gasteiger partial charge in [-0.05, 0) is 136 Å². The van der Waals surface area contributed by atoms with Gasteiger partial charge in [-0.15, -0.1) is 18.6 Å². The van der Waals surface area contributed by atoms with Crippen LogP contribution in [0.3, 0.4) is 0 Å². The van der Waals surface area contributed by atoms with Crippen LogP contribution in [0.2, 0.25) is 0 Å². The number of rotatable bonds is 12. The predicted molar refractivity (Wildman–Crippen MR) is 528 cm³/mol. The molecule has 42 heteroatoms.